The predicted octanol–water partition coefficient (Wildman–Crippen LogP) is 2.56. The van der Waals surface area contributed by atoms with Crippen LogP contribution in [0.4, 0.5) is 11.6 Å². The van der Waals surface area contributed by atoms with E-state index in [0.717, 1.165) is 22.6 Å². The van der Waals surface area contributed by atoms with Crippen LogP contribution < -0.4 is 5.32 Å². The number of aromatic nitrogens is 4. The molecule has 0 aliphatic heterocycles. The molecular weight excluding hydrogens is 350 g/mol. The summed E-state index contributed by atoms with van der Waals surface area (Å²) in [7, 11) is -1.36. The van der Waals surface area contributed by atoms with Gasteiger partial charge in [-0.05, 0) is 37.6 Å². The van der Waals surface area contributed by atoms with Crippen LogP contribution in [0, 0.1) is 13.8 Å². The summed E-state index contributed by atoms with van der Waals surface area (Å²) in [4.78, 5) is 9.13. The Morgan fingerprint density at radius 2 is 1.96 bits per heavy atom. The van der Waals surface area contributed by atoms with Gasteiger partial charge in [-0.3, -0.25) is 4.68 Å². The molecule has 1 N–H and O–H groups in total. The van der Waals surface area contributed by atoms with Crippen molar-refractivity contribution in [2.45, 2.75) is 25.2 Å². The van der Waals surface area contributed by atoms with E-state index < -0.39 is 9.84 Å². The van der Waals surface area contributed by atoms with E-state index in [1.807, 2.05) is 27.0 Å². The standard InChI is InChI=1S/C18H21N5O2S/c1-12-13(2)22-23(3)18(12)21-16-8-9-19-17(20-16)11-14-6-5-7-15(10-14)26(4,24)25/h5-10H,11H2,1-4H3,(H,19,20,21). The fourth-order valence-corrected chi connectivity index (χ4v) is 3.37. The van der Waals surface area contributed by atoms with Gasteiger partial charge in [0, 0.05) is 31.5 Å². The van der Waals surface area contributed by atoms with E-state index >= 15 is 0 Å². The highest BCUT2D eigenvalue weighted by molar-refractivity contribution is 7.90. The Balaban J connectivity index is 1.84. The lowest BCUT2D eigenvalue weighted by Gasteiger charge is -2.09. The van der Waals surface area contributed by atoms with Gasteiger partial charge in [-0.25, -0.2) is 18.4 Å². The number of hydrogen-bond donors (Lipinski definition) is 1. The van der Waals surface area contributed by atoms with E-state index in [0.29, 0.717) is 23.0 Å². The van der Waals surface area contributed by atoms with Crippen molar-refractivity contribution in [2.24, 2.45) is 7.05 Å². The minimum atomic E-state index is -3.24. The van der Waals surface area contributed by atoms with Gasteiger partial charge in [0.05, 0.1) is 10.6 Å². The first-order valence-electron chi connectivity index (χ1n) is 8.12. The van der Waals surface area contributed by atoms with Crippen LogP contribution in [0.1, 0.15) is 22.6 Å². The Morgan fingerprint density at radius 1 is 1.19 bits per heavy atom. The van der Waals surface area contributed by atoms with E-state index in [1.165, 1.54) is 6.26 Å². The molecule has 2 heterocycles. The fourth-order valence-electron chi connectivity index (χ4n) is 2.68. The molecule has 0 radical (unpaired) electrons. The number of rotatable bonds is 5. The number of anilines is 2. The molecule has 0 spiro atoms. The van der Waals surface area contributed by atoms with Gasteiger partial charge in [0.15, 0.2) is 9.84 Å². The zero-order chi connectivity index (χ0) is 18.9. The highest BCUT2D eigenvalue weighted by Gasteiger charge is 2.11. The molecule has 3 aromatic rings. The largest absolute Gasteiger partial charge is 0.325 e. The third-order valence-corrected chi connectivity index (χ3v) is 5.27. The van der Waals surface area contributed by atoms with Crippen LogP contribution >= 0.6 is 0 Å². The van der Waals surface area contributed by atoms with Crippen LogP contribution in [0.3, 0.4) is 0 Å². The Labute approximate surface area is 153 Å². The van der Waals surface area contributed by atoms with Crippen molar-refractivity contribution < 1.29 is 8.42 Å². The highest BCUT2D eigenvalue weighted by atomic mass is 32.2. The third kappa shape index (κ3) is 3.91. The van der Waals surface area contributed by atoms with Gasteiger partial charge in [-0.1, -0.05) is 12.1 Å². The zero-order valence-electron chi connectivity index (χ0n) is 15.2. The molecule has 0 unspecified atom stereocenters. The summed E-state index contributed by atoms with van der Waals surface area (Å²) in [5.74, 6) is 2.16. The third-order valence-electron chi connectivity index (χ3n) is 4.16. The average molecular weight is 371 g/mol. The number of benzene rings is 1. The fraction of sp³-hybridized carbons (Fsp3) is 0.278. The number of hydrogen-bond acceptors (Lipinski definition) is 6. The molecule has 0 atom stereocenters. The van der Waals surface area contributed by atoms with Crippen molar-refractivity contribution in [3.63, 3.8) is 0 Å². The molecule has 0 amide bonds. The van der Waals surface area contributed by atoms with Crippen LogP contribution in [0.2, 0.25) is 0 Å². The Morgan fingerprint density at radius 3 is 2.62 bits per heavy atom. The first kappa shape index (κ1) is 18.1. The second kappa shape index (κ2) is 6.87. The molecule has 0 fully saturated rings. The molecule has 1 aromatic carbocycles. The summed E-state index contributed by atoms with van der Waals surface area (Å²) >= 11 is 0. The van der Waals surface area contributed by atoms with Gasteiger partial charge >= 0.3 is 0 Å². The predicted molar refractivity (Wildman–Crippen MR) is 100 cm³/mol. The smallest absolute Gasteiger partial charge is 0.175 e. The quantitative estimate of drug-likeness (QED) is 0.741. The summed E-state index contributed by atoms with van der Waals surface area (Å²) in [6.07, 6.45) is 3.33. The molecule has 0 aliphatic carbocycles. The van der Waals surface area contributed by atoms with Gasteiger partial charge in [-0.15, -0.1) is 0 Å². The molecule has 0 saturated carbocycles. The Bertz CT molecular complexity index is 1060. The van der Waals surface area contributed by atoms with Gasteiger partial charge < -0.3 is 5.32 Å². The molecule has 8 heteroatoms. The molecule has 3 rings (SSSR count). The van der Waals surface area contributed by atoms with Gasteiger partial charge in [0.25, 0.3) is 0 Å². The van der Waals surface area contributed by atoms with Crippen LogP contribution in [0.25, 0.3) is 0 Å². The first-order valence-corrected chi connectivity index (χ1v) is 10.0. The monoisotopic (exact) mass is 371 g/mol. The number of aryl methyl sites for hydroxylation is 2. The van der Waals surface area contributed by atoms with E-state index in [2.05, 4.69) is 20.4 Å². The maximum Gasteiger partial charge on any atom is 0.175 e. The second-order valence-corrected chi connectivity index (χ2v) is 8.28. The Hall–Kier alpha value is -2.74. The van der Waals surface area contributed by atoms with Crippen LogP contribution in [0.5, 0.6) is 0 Å². The van der Waals surface area contributed by atoms with Crippen LogP contribution in [-0.2, 0) is 23.3 Å². The minimum Gasteiger partial charge on any atom is -0.325 e. The van der Waals surface area contributed by atoms with E-state index in [9.17, 15) is 8.42 Å². The summed E-state index contributed by atoms with van der Waals surface area (Å²) in [6.45, 7) is 3.96. The molecule has 7 nitrogen and oxygen atoms in total. The lowest BCUT2D eigenvalue weighted by Crippen LogP contribution is -2.05. The number of nitrogens with zero attached hydrogens (tertiary/aromatic N) is 4. The highest BCUT2D eigenvalue weighted by Crippen LogP contribution is 2.21. The SMILES string of the molecule is Cc1nn(C)c(Nc2ccnc(Cc3cccc(S(C)(=O)=O)c3)n2)c1C. The Kier molecular flexibility index (Phi) is 4.78. The summed E-state index contributed by atoms with van der Waals surface area (Å²) in [6, 6.07) is 8.64. The van der Waals surface area contributed by atoms with Crippen molar-refractivity contribution in [1.82, 2.24) is 19.7 Å². The molecule has 2 aromatic heterocycles. The maximum atomic E-state index is 11.7. The second-order valence-electron chi connectivity index (χ2n) is 6.26. The van der Waals surface area contributed by atoms with E-state index in [4.69, 9.17) is 0 Å². The van der Waals surface area contributed by atoms with E-state index in [-0.39, 0.29) is 0 Å². The van der Waals surface area contributed by atoms with Gasteiger partial charge in [0.2, 0.25) is 0 Å². The molecule has 26 heavy (non-hydrogen) atoms. The minimum absolute atomic E-state index is 0.297. The van der Waals surface area contributed by atoms with Crippen molar-refractivity contribution in [1.29, 1.82) is 0 Å². The maximum absolute atomic E-state index is 11.7. The molecule has 0 aliphatic rings. The summed E-state index contributed by atoms with van der Waals surface area (Å²) in [5, 5.41) is 7.66. The van der Waals surface area contributed by atoms with Crippen molar-refractivity contribution in [3.8, 4) is 0 Å². The van der Waals surface area contributed by atoms with Crippen molar-refractivity contribution in [3.05, 3.63) is 59.2 Å². The normalized spacial score (nSPS) is 11.5. The molecule has 0 saturated heterocycles. The van der Waals surface area contributed by atoms with Crippen molar-refractivity contribution in [2.75, 3.05) is 11.6 Å². The molecular formula is C18H21N5O2S. The summed E-state index contributed by atoms with van der Waals surface area (Å²) < 4.78 is 25.2. The van der Waals surface area contributed by atoms with Crippen LogP contribution in [0.15, 0.2) is 41.4 Å². The van der Waals surface area contributed by atoms with Gasteiger partial charge in [0.1, 0.15) is 17.5 Å². The molecule has 0 bridgehead atoms. The zero-order valence-corrected chi connectivity index (χ0v) is 16.0. The van der Waals surface area contributed by atoms with Gasteiger partial charge in [-0.2, -0.15) is 5.10 Å². The number of sulfone groups is 1. The number of nitrogens with one attached hydrogen (secondary N) is 1. The average Bonchev–Trinajstić information content (AvgIpc) is 2.81. The lowest BCUT2D eigenvalue weighted by molar-refractivity contribution is 0.601. The van der Waals surface area contributed by atoms with Crippen LogP contribution in [-0.4, -0.2) is 34.4 Å². The van der Waals surface area contributed by atoms with Crippen molar-refractivity contribution >= 4 is 21.5 Å². The first-order chi connectivity index (χ1) is 12.2. The molecule has 136 valence electrons. The lowest BCUT2D eigenvalue weighted by atomic mass is 10.1. The topological polar surface area (TPSA) is 89.8 Å². The van der Waals surface area contributed by atoms with E-state index in [1.54, 1.807) is 35.1 Å². The summed E-state index contributed by atoms with van der Waals surface area (Å²) in [5.41, 5.74) is 2.87.